The Balaban J connectivity index is -0.000000405. The first-order valence-corrected chi connectivity index (χ1v) is 19.1. The number of rotatable bonds is 16. The van der Waals surface area contributed by atoms with E-state index in [1.165, 1.54) is 17.7 Å². The number of nitrogens with zero attached hydrogens (tertiary/aromatic N) is 2. The summed E-state index contributed by atoms with van der Waals surface area (Å²) in [6, 6.07) is 13.4. The van der Waals surface area contributed by atoms with Crippen LogP contribution in [0.3, 0.4) is 0 Å². The molecule has 0 unspecified atom stereocenters. The number of terminal acetylenes is 2. The summed E-state index contributed by atoms with van der Waals surface area (Å²) in [5.41, 5.74) is 13.1. The van der Waals surface area contributed by atoms with E-state index in [1.807, 2.05) is 39.8 Å². The Hall–Kier alpha value is -4.44. The van der Waals surface area contributed by atoms with Gasteiger partial charge in [0.2, 0.25) is 5.91 Å². The number of sulfone groups is 1. The van der Waals surface area contributed by atoms with Crippen LogP contribution in [0.1, 0.15) is 96.8 Å². The second-order valence-corrected chi connectivity index (χ2v) is 13.4. The summed E-state index contributed by atoms with van der Waals surface area (Å²) in [4.78, 5) is 24.7. The highest BCUT2D eigenvalue weighted by atomic mass is 32.2. The Morgan fingerprint density at radius 2 is 1.48 bits per heavy atom. The lowest BCUT2D eigenvalue weighted by Crippen LogP contribution is -2.40. The van der Waals surface area contributed by atoms with E-state index in [9.17, 15) is 26.8 Å². The number of nitriles is 1. The molecule has 0 radical (unpaired) electrons. The smallest absolute Gasteiger partial charge is 0.404 e. The minimum absolute atomic E-state index is 0.0787. The molecule has 0 aliphatic carbocycles. The standard InChI is InChI=1S/C23H40N2O3S.C7H6F2.C4H6N2O2.C2H6.2C2H2/c1-5-10-22(11-6-2)29(27,28)18-19(4)23(26)25(15-9-14-24)17-21-13-8-12-20(7-3)16-21;1-5-2-6(8)4-7(9)3-5;5-2-1-3-8-4(6)7;3*1-2/h8,12-13,16,19,22H,5-7,9-11,14-15,17-18,24H2,1-4H3;2-4H,1H3;1,3H2,(H2,6,7);1-2H3;2*1-2H/t19-;;;;;/m1...../s1. The number of halogens is 2. The number of amides is 2. The molecule has 2 aromatic carbocycles. The van der Waals surface area contributed by atoms with Crippen molar-refractivity contribution in [2.75, 3.05) is 25.4 Å². The third-order valence-corrected chi connectivity index (χ3v) is 9.27. The number of hydrogen-bond donors (Lipinski definition) is 2. The Morgan fingerprint density at radius 3 is 1.90 bits per heavy atom. The topological polar surface area (TPSA) is 157 Å². The molecule has 0 spiro atoms. The number of ether oxygens (including phenoxy) is 1. The summed E-state index contributed by atoms with van der Waals surface area (Å²) in [6.45, 7) is 15.1. The molecule has 2 aromatic rings. The van der Waals surface area contributed by atoms with Crippen LogP contribution in [0.5, 0.6) is 0 Å². The SMILES string of the molecule is C#C.C#C.CC.CCCC(CCC)S(=O)(=O)C[C@@H](C)C(=O)N(CCCN)Cc1cccc(CC)c1.Cc1cc(F)cc(F)c1.N#CCCOC(N)=O. The molecule has 292 valence electrons. The number of aryl methyl sites for hydroxylation is 2. The molecule has 0 aromatic heterocycles. The molecule has 2 rings (SSSR count). The van der Waals surface area contributed by atoms with E-state index in [1.54, 1.807) is 24.8 Å². The van der Waals surface area contributed by atoms with Gasteiger partial charge in [0.05, 0.1) is 23.5 Å². The number of benzene rings is 2. The zero-order chi connectivity index (χ0) is 41.1. The maximum Gasteiger partial charge on any atom is 0.404 e. The number of nitrogens with two attached hydrogens (primary N) is 2. The second kappa shape index (κ2) is 35.0. The van der Waals surface area contributed by atoms with E-state index < -0.39 is 33.5 Å². The molecule has 0 aliphatic rings. The van der Waals surface area contributed by atoms with Gasteiger partial charge in [-0.1, -0.05) is 78.6 Å². The maximum absolute atomic E-state index is 13.1. The molecule has 12 heteroatoms. The molecule has 9 nitrogen and oxygen atoms in total. The molecule has 0 saturated heterocycles. The summed E-state index contributed by atoms with van der Waals surface area (Å²) >= 11 is 0. The molecule has 4 N–H and O–H groups in total. The zero-order valence-electron chi connectivity index (χ0n) is 32.2. The largest absolute Gasteiger partial charge is 0.449 e. The van der Waals surface area contributed by atoms with Crippen molar-refractivity contribution in [3.63, 3.8) is 0 Å². The van der Waals surface area contributed by atoms with Crippen LogP contribution in [0.15, 0.2) is 42.5 Å². The van der Waals surface area contributed by atoms with E-state index in [-0.39, 0.29) is 29.9 Å². The van der Waals surface area contributed by atoms with Crippen LogP contribution in [-0.2, 0) is 32.3 Å². The van der Waals surface area contributed by atoms with Crippen LogP contribution in [0, 0.1) is 61.5 Å². The van der Waals surface area contributed by atoms with Crippen LogP contribution in [0.2, 0.25) is 0 Å². The molecule has 2 amide bonds. The monoisotopic (exact) mass is 748 g/mol. The Labute approximate surface area is 313 Å². The molecule has 0 bridgehead atoms. The Morgan fingerprint density at radius 1 is 0.962 bits per heavy atom. The van der Waals surface area contributed by atoms with Crippen molar-refractivity contribution in [2.24, 2.45) is 17.4 Å². The summed E-state index contributed by atoms with van der Waals surface area (Å²) in [6.07, 6.45) is 20.0. The molecular weight excluding hydrogens is 687 g/mol. The molecule has 0 heterocycles. The summed E-state index contributed by atoms with van der Waals surface area (Å²) in [7, 11) is -3.30. The highest BCUT2D eigenvalue weighted by Crippen LogP contribution is 2.20. The molecule has 0 saturated carbocycles. The quantitative estimate of drug-likeness (QED) is 0.131. The minimum atomic E-state index is -3.30. The van der Waals surface area contributed by atoms with Crippen LogP contribution in [-0.4, -0.2) is 56.0 Å². The van der Waals surface area contributed by atoms with Crippen molar-refractivity contribution in [3.8, 4) is 31.8 Å². The van der Waals surface area contributed by atoms with Crippen molar-refractivity contribution in [1.82, 2.24) is 4.90 Å². The molecule has 52 heavy (non-hydrogen) atoms. The number of carbonyl (C=O) groups excluding carboxylic acids is 2. The van der Waals surface area contributed by atoms with E-state index in [0.29, 0.717) is 44.5 Å². The Kier molecular flexibility index (Phi) is 36.6. The third-order valence-electron chi connectivity index (χ3n) is 6.82. The number of carbonyl (C=O) groups is 2. The fourth-order valence-corrected chi connectivity index (χ4v) is 6.92. The fourth-order valence-electron chi connectivity index (χ4n) is 4.62. The zero-order valence-corrected chi connectivity index (χ0v) is 33.1. The first kappa shape index (κ1) is 54.3. The predicted octanol–water partition coefficient (Wildman–Crippen LogP) is 7.74. The minimum Gasteiger partial charge on any atom is -0.449 e. The van der Waals surface area contributed by atoms with Crippen LogP contribution in [0.4, 0.5) is 13.6 Å². The molecule has 0 fully saturated rings. The normalized spacial score (nSPS) is 10.2. The lowest BCUT2D eigenvalue weighted by molar-refractivity contribution is -0.135. The van der Waals surface area contributed by atoms with Gasteiger partial charge in [0.25, 0.3) is 0 Å². The fraction of sp³-hybridized carbons (Fsp3) is 0.525. The van der Waals surface area contributed by atoms with Crippen LogP contribution < -0.4 is 11.5 Å². The van der Waals surface area contributed by atoms with Gasteiger partial charge in [-0.25, -0.2) is 22.0 Å². The van der Waals surface area contributed by atoms with Gasteiger partial charge < -0.3 is 21.1 Å². The van der Waals surface area contributed by atoms with Gasteiger partial charge in [-0.05, 0) is 68.0 Å². The first-order chi connectivity index (χ1) is 24.7. The third kappa shape index (κ3) is 27.3. The average Bonchev–Trinajstić information content (AvgIpc) is 3.12. The Bertz CT molecular complexity index is 1360. The van der Waals surface area contributed by atoms with E-state index >= 15 is 0 Å². The highest BCUT2D eigenvalue weighted by Gasteiger charge is 2.30. The van der Waals surface area contributed by atoms with Crippen molar-refractivity contribution in [3.05, 3.63) is 70.8 Å². The highest BCUT2D eigenvalue weighted by molar-refractivity contribution is 7.92. The lowest BCUT2D eigenvalue weighted by atomic mass is 10.1. The van der Waals surface area contributed by atoms with Gasteiger partial charge in [0.15, 0.2) is 9.84 Å². The van der Waals surface area contributed by atoms with E-state index in [0.717, 1.165) is 30.9 Å². The average molecular weight is 749 g/mol. The maximum atomic E-state index is 13.1. The van der Waals surface area contributed by atoms with Gasteiger partial charge >= 0.3 is 6.09 Å². The predicted molar refractivity (Wildman–Crippen MR) is 209 cm³/mol. The molecule has 0 aliphatic heterocycles. The van der Waals surface area contributed by atoms with Crippen molar-refractivity contribution < 1.29 is 31.5 Å². The van der Waals surface area contributed by atoms with Gasteiger partial charge in [0.1, 0.15) is 18.2 Å². The van der Waals surface area contributed by atoms with E-state index in [2.05, 4.69) is 55.2 Å². The summed E-state index contributed by atoms with van der Waals surface area (Å²) < 4.78 is 54.4. The van der Waals surface area contributed by atoms with Gasteiger partial charge in [0, 0.05) is 25.1 Å². The second-order valence-electron chi connectivity index (χ2n) is 11.0. The number of hydrogen-bond acceptors (Lipinski definition) is 7. The lowest BCUT2D eigenvalue weighted by Gasteiger charge is -2.27. The summed E-state index contributed by atoms with van der Waals surface area (Å²) in [5, 5.41) is 7.56. The van der Waals surface area contributed by atoms with E-state index in [4.69, 9.17) is 11.0 Å². The first-order valence-electron chi connectivity index (χ1n) is 17.4. The van der Waals surface area contributed by atoms with Crippen molar-refractivity contribution in [2.45, 2.75) is 105 Å². The van der Waals surface area contributed by atoms with Crippen molar-refractivity contribution in [1.29, 1.82) is 5.26 Å². The molecule has 1 atom stereocenters. The van der Waals surface area contributed by atoms with Gasteiger partial charge in [-0.2, -0.15) is 5.26 Å². The summed E-state index contributed by atoms with van der Waals surface area (Å²) in [5.74, 6) is -1.77. The molecular formula is C40H62F2N4O5S. The van der Waals surface area contributed by atoms with Gasteiger partial charge in [-0.3, -0.25) is 4.79 Å². The van der Waals surface area contributed by atoms with Gasteiger partial charge in [-0.15, -0.1) is 25.7 Å². The van der Waals surface area contributed by atoms with Crippen molar-refractivity contribution >= 4 is 21.8 Å². The van der Waals surface area contributed by atoms with Crippen LogP contribution >= 0.6 is 0 Å². The van der Waals surface area contributed by atoms with Crippen LogP contribution in [0.25, 0.3) is 0 Å². The number of primary amides is 1.